The van der Waals surface area contributed by atoms with Gasteiger partial charge < -0.3 is 25.0 Å². The number of nitrogens with two attached hydrogens (primary N) is 1. The van der Waals surface area contributed by atoms with Crippen LogP contribution in [0.4, 0.5) is 14.5 Å². The van der Waals surface area contributed by atoms with E-state index in [2.05, 4.69) is 30.4 Å². The molecule has 1 amide bonds. The number of aliphatic imine (C=N–C) groups is 1. The molecule has 3 heterocycles. The number of aryl methyl sites for hydroxylation is 1. The lowest BCUT2D eigenvalue weighted by Gasteiger charge is -2.34. The number of amides is 1. The molecule has 1 aliphatic carbocycles. The number of thioether (sulfide) groups is 1. The summed E-state index contributed by atoms with van der Waals surface area (Å²) in [6.07, 6.45) is 3.13. The fourth-order valence-electron chi connectivity index (χ4n) is 4.60. The molecule has 11 nitrogen and oxygen atoms in total. The van der Waals surface area contributed by atoms with E-state index in [0.717, 1.165) is 6.07 Å². The number of fused-ring (bicyclic) bond motifs is 1. The van der Waals surface area contributed by atoms with Gasteiger partial charge in [0.2, 0.25) is 17.6 Å². The second kappa shape index (κ2) is 9.34. The number of benzene rings is 1. The van der Waals surface area contributed by atoms with E-state index in [9.17, 15) is 9.18 Å². The fraction of sp³-hybridized carbons (Fsp3) is 0.391. The number of hydrogen-bond donors (Lipinski definition) is 2. The highest BCUT2D eigenvalue weighted by Crippen LogP contribution is 2.66. The van der Waals surface area contributed by atoms with Gasteiger partial charge in [-0.05, 0) is 19.4 Å². The molecule has 2 aliphatic rings. The van der Waals surface area contributed by atoms with Gasteiger partial charge in [0.05, 0.1) is 29.3 Å². The van der Waals surface area contributed by atoms with Crippen molar-refractivity contribution in [2.24, 2.45) is 16.6 Å². The van der Waals surface area contributed by atoms with Crippen LogP contribution < -0.4 is 15.8 Å². The smallest absolute Gasteiger partial charge is 0.275 e. The molecule has 1 saturated carbocycles. The number of methoxy groups -OCH3 is 1. The Balaban J connectivity index is 1.33. The summed E-state index contributed by atoms with van der Waals surface area (Å²) in [5.74, 6) is -2.08. The first-order valence-corrected chi connectivity index (χ1v) is 12.0. The molecule has 2 aromatic heterocycles. The summed E-state index contributed by atoms with van der Waals surface area (Å²) < 4.78 is 45.0. The molecule has 37 heavy (non-hydrogen) atoms. The van der Waals surface area contributed by atoms with Crippen molar-refractivity contribution in [3.8, 4) is 5.88 Å². The van der Waals surface area contributed by atoms with Gasteiger partial charge in [0, 0.05) is 37.3 Å². The molecule has 0 unspecified atom stereocenters. The average molecular weight is 532 g/mol. The van der Waals surface area contributed by atoms with Crippen LogP contribution in [0.2, 0.25) is 0 Å². The number of aromatic nitrogens is 4. The van der Waals surface area contributed by atoms with Gasteiger partial charge in [-0.15, -0.1) is 0 Å². The number of hydrogen-bond acceptors (Lipinski definition) is 11. The standard InChI is InChI=1S/C23H23F2N7O4S/c1-11-29-17(32-36-11)9-35-18-8-27-15(7-28-18)20(33)30-12-4-13(19(25)14(24)5-12)22(2)16-6-23(16,10-34-3)37-21(26)31-22/h4-5,7-8,16H,6,9-10H2,1-3H3,(H2,26,31)(H,30,33)/t16-,22-,23+/m0/s1. The molecule has 3 aromatic rings. The van der Waals surface area contributed by atoms with Crippen LogP contribution in [0.15, 0.2) is 34.0 Å². The Morgan fingerprint density at radius 2 is 2.14 bits per heavy atom. The summed E-state index contributed by atoms with van der Waals surface area (Å²) in [4.78, 5) is 29.3. The normalized spacial score (nSPS) is 24.2. The van der Waals surface area contributed by atoms with Crippen LogP contribution in [0, 0.1) is 24.5 Å². The molecule has 14 heteroatoms. The maximum absolute atomic E-state index is 15.1. The van der Waals surface area contributed by atoms with Crippen LogP contribution in [0.5, 0.6) is 5.88 Å². The SMILES string of the molecule is COC[C@]12C[C@H]1[C@](C)(c1cc(NC(=O)c3cnc(OCc4noc(C)n4)cn3)cc(F)c1F)N=C(N)S2. The van der Waals surface area contributed by atoms with Gasteiger partial charge in [0.1, 0.15) is 5.69 Å². The molecular formula is C23H23F2N7O4S. The van der Waals surface area contributed by atoms with E-state index >= 15 is 4.39 Å². The second-order valence-corrected chi connectivity index (χ2v) is 10.4. The van der Waals surface area contributed by atoms with Crippen molar-refractivity contribution in [3.05, 3.63) is 59.1 Å². The summed E-state index contributed by atoms with van der Waals surface area (Å²) >= 11 is 1.39. The second-order valence-electron chi connectivity index (χ2n) is 8.99. The number of rotatable bonds is 8. The maximum Gasteiger partial charge on any atom is 0.275 e. The van der Waals surface area contributed by atoms with Crippen LogP contribution in [0.1, 0.15) is 41.1 Å². The van der Waals surface area contributed by atoms with E-state index in [1.54, 1.807) is 21.0 Å². The van der Waals surface area contributed by atoms with Crippen LogP contribution in [-0.2, 0) is 16.9 Å². The zero-order chi connectivity index (χ0) is 26.4. The molecule has 1 aromatic carbocycles. The van der Waals surface area contributed by atoms with E-state index in [1.165, 1.54) is 30.2 Å². The number of nitrogens with zero attached hydrogens (tertiary/aromatic N) is 5. The van der Waals surface area contributed by atoms with Crippen molar-refractivity contribution in [1.82, 2.24) is 20.1 Å². The predicted octanol–water partition coefficient (Wildman–Crippen LogP) is 2.96. The van der Waals surface area contributed by atoms with Crippen LogP contribution in [-0.4, -0.2) is 49.6 Å². The summed E-state index contributed by atoms with van der Waals surface area (Å²) in [5, 5.41) is 6.52. The summed E-state index contributed by atoms with van der Waals surface area (Å²) in [7, 11) is 1.58. The highest BCUT2D eigenvalue weighted by Gasteiger charge is 2.66. The number of amidine groups is 1. The van der Waals surface area contributed by atoms with Crippen LogP contribution in [0.25, 0.3) is 0 Å². The van der Waals surface area contributed by atoms with Crippen molar-refractivity contribution in [2.75, 3.05) is 19.0 Å². The fourth-order valence-corrected chi connectivity index (χ4v) is 6.05. The minimum Gasteiger partial charge on any atom is -0.468 e. The predicted molar refractivity (Wildman–Crippen MR) is 129 cm³/mol. The highest BCUT2D eigenvalue weighted by atomic mass is 32.2. The summed E-state index contributed by atoms with van der Waals surface area (Å²) in [6.45, 7) is 3.77. The number of anilines is 1. The van der Waals surface area contributed by atoms with Crippen molar-refractivity contribution in [2.45, 2.75) is 37.2 Å². The molecule has 5 rings (SSSR count). The number of carbonyl (C=O) groups excluding carboxylic acids is 1. The molecule has 1 aliphatic heterocycles. The van der Waals surface area contributed by atoms with Crippen LogP contribution in [0.3, 0.4) is 0 Å². The van der Waals surface area contributed by atoms with Crippen LogP contribution >= 0.6 is 11.8 Å². The van der Waals surface area contributed by atoms with Gasteiger partial charge in [0.15, 0.2) is 23.4 Å². The largest absolute Gasteiger partial charge is 0.468 e. The monoisotopic (exact) mass is 531 g/mol. The molecule has 0 spiro atoms. The molecule has 0 radical (unpaired) electrons. The lowest BCUT2D eigenvalue weighted by molar-refractivity contribution is 0.102. The van der Waals surface area contributed by atoms with Gasteiger partial charge >= 0.3 is 0 Å². The lowest BCUT2D eigenvalue weighted by atomic mass is 9.85. The van der Waals surface area contributed by atoms with Gasteiger partial charge in [0.25, 0.3) is 5.91 Å². The van der Waals surface area contributed by atoms with Gasteiger partial charge in [-0.2, -0.15) is 4.98 Å². The van der Waals surface area contributed by atoms with Crippen molar-refractivity contribution < 1.29 is 27.6 Å². The third-order valence-electron chi connectivity index (χ3n) is 6.35. The molecule has 194 valence electrons. The Morgan fingerprint density at radius 1 is 1.32 bits per heavy atom. The first-order valence-electron chi connectivity index (χ1n) is 11.2. The Morgan fingerprint density at radius 3 is 2.81 bits per heavy atom. The van der Waals surface area contributed by atoms with Crippen molar-refractivity contribution in [1.29, 1.82) is 0 Å². The lowest BCUT2D eigenvalue weighted by Crippen LogP contribution is -2.38. The Hall–Kier alpha value is -3.65. The number of ether oxygens (including phenoxy) is 2. The van der Waals surface area contributed by atoms with Gasteiger partial charge in [-0.3, -0.25) is 9.79 Å². The van der Waals surface area contributed by atoms with E-state index in [4.69, 9.17) is 19.7 Å². The number of halogens is 2. The maximum atomic E-state index is 15.1. The quantitative estimate of drug-likeness (QED) is 0.444. The molecule has 0 bridgehead atoms. The van der Waals surface area contributed by atoms with E-state index < -0.39 is 23.1 Å². The first-order chi connectivity index (χ1) is 17.6. The third-order valence-corrected chi connectivity index (χ3v) is 7.63. The Labute approximate surface area is 214 Å². The highest BCUT2D eigenvalue weighted by molar-refractivity contribution is 8.15. The first kappa shape index (κ1) is 25.0. The molecule has 1 fully saturated rings. The summed E-state index contributed by atoms with van der Waals surface area (Å²) in [6, 6.07) is 2.27. The topological polar surface area (TPSA) is 151 Å². The van der Waals surface area contributed by atoms with Crippen molar-refractivity contribution in [3.63, 3.8) is 0 Å². The zero-order valence-corrected chi connectivity index (χ0v) is 20.9. The van der Waals surface area contributed by atoms with E-state index in [-0.39, 0.29) is 45.3 Å². The Bertz CT molecular complexity index is 1390. The third kappa shape index (κ3) is 4.73. The van der Waals surface area contributed by atoms with Crippen molar-refractivity contribution >= 4 is 28.5 Å². The zero-order valence-electron chi connectivity index (χ0n) is 20.1. The minimum absolute atomic E-state index is 0.000521. The molecule has 3 N–H and O–H groups in total. The number of nitrogens with one attached hydrogen (secondary N) is 1. The minimum atomic E-state index is -1.13. The number of carbonyl (C=O) groups is 1. The molecule has 3 atom stereocenters. The average Bonchev–Trinajstić information content (AvgIpc) is 3.42. The van der Waals surface area contributed by atoms with Gasteiger partial charge in [-0.25, -0.2) is 18.7 Å². The molecular weight excluding hydrogens is 508 g/mol. The van der Waals surface area contributed by atoms with Gasteiger partial charge in [-0.1, -0.05) is 16.9 Å². The summed E-state index contributed by atoms with van der Waals surface area (Å²) in [5.41, 5.74) is 4.92. The molecule has 0 saturated heterocycles. The van der Waals surface area contributed by atoms with E-state index in [1.807, 2.05) is 0 Å². The Kier molecular flexibility index (Phi) is 6.31. The van der Waals surface area contributed by atoms with E-state index in [0.29, 0.717) is 24.7 Å².